The standard InChI is InChI=1S/C9H7BrFNO/c1-13-7-4-6(10)9-5(8(7)11)2-3-12-9/h2-4,12H,1H3. The fraction of sp³-hybridized carbons (Fsp3) is 0.111. The van der Waals surface area contributed by atoms with E-state index in [-0.39, 0.29) is 11.6 Å². The molecule has 2 aromatic rings. The molecular weight excluding hydrogens is 237 g/mol. The molecule has 0 aliphatic heterocycles. The Bertz CT molecular complexity index is 452. The number of aromatic amines is 1. The molecule has 0 amide bonds. The molecule has 4 heteroatoms. The topological polar surface area (TPSA) is 25.0 Å². The Morgan fingerprint density at radius 2 is 2.31 bits per heavy atom. The number of nitrogens with one attached hydrogen (secondary N) is 1. The van der Waals surface area contributed by atoms with Gasteiger partial charge in [-0.1, -0.05) is 0 Å². The predicted molar refractivity (Wildman–Crippen MR) is 52.5 cm³/mol. The van der Waals surface area contributed by atoms with E-state index in [1.807, 2.05) is 0 Å². The van der Waals surface area contributed by atoms with E-state index in [9.17, 15) is 4.39 Å². The van der Waals surface area contributed by atoms with Gasteiger partial charge in [0.25, 0.3) is 0 Å². The molecule has 13 heavy (non-hydrogen) atoms. The van der Waals surface area contributed by atoms with Crippen LogP contribution >= 0.6 is 15.9 Å². The van der Waals surface area contributed by atoms with Crippen LogP contribution in [0.5, 0.6) is 5.75 Å². The van der Waals surface area contributed by atoms with Crippen LogP contribution in [0.1, 0.15) is 0 Å². The third-order valence-electron chi connectivity index (χ3n) is 1.92. The first-order valence-electron chi connectivity index (χ1n) is 3.73. The molecule has 0 bridgehead atoms. The number of aromatic nitrogens is 1. The van der Waals surface area contributed by atoms with Crippen LogP contribution < -0.4 is 4.74 Å². The van der Waals surface area contributed by atoms with E-state index in [1.54, 1.807) is 18.3 Å². The molecule has 68 valence electrons. The summed E-state index contributed by atoms with van der Waals surface area (Å²) >= 11 is 3.32. The molecule has 2 nitrogen and oxygen atoms in total. The van der Waals surface area contributed by atoms with Crippen molar-refractivity contribution in [3.05, 3.63) is 28.6 Å². The predicted octanol–water partition coefficient (Wildman–Crippen LogP) is 3.08. The maximum absolute atomic E-state index is 13.5. The van der Waals surface area contributed by atoms with Gasteiger partial charge in [0.2, 0.25) is 0 Å². The van der Waals surface area contributed by atoms with Crippen LogP contribution in [-0.2, 0) is 0 Å². The number of H-pyrrole nitrogens is 1. The highest BCUT2D eigenvalue weighted by Gasteiger charge is 2.11. The average molecular weight is 244 g/mol. The lowest BCUT2D eigenvalue weighted by atomic mass is 10.2. The second-order valence-corrected chi connectivity index (χ2v) is 3.50. The zero-order valence-electron chi connectivity index (χ0n) is 6.90. The summed E-state index contributed by atoms with van der Waals surface area (Å²) in [5.74, 6) is -0.0825. The number of hydrogen-bond acceptors (Lipinski definition) is 1. The van der Waals surface area contributed by atoms with E-state index in [2.05, 4.69) is 20.9 Å². The minimum atomic E-state index is -0.332. The van der Waals surface area contributed by atoms with E-state index >= 15 is 0 Å². The van der Waals surface area contributed by atoms with E-state index in [1.165, 1.54) is 7.11 Å². The molecular formula is C9H7BrFNO. The van der Waals surface area contributed by atoms with Crippen molar-refractivity contribution in [2.75, 3.05) is 7.11 Å². The molecule has 0 radical (unpaired) electrons. The van der Waals surface area contributed by atoms with Crippen molar-refractivity contribution in [1.29, 1.82) is 0 Å². The zero-order chi connectivity index (χ0) is 9.42. The zero-order valence-corrected chi connectivity index (χ0v) is 8.48. The van der Waals surface area contributed by atoms with Gasteiger partial charge in [-0.2, -0.15) is 0 Å². The highest BCUT2D eigenvalue weighted by molar-refractivity contribution is 9.10. The smallest absolute Gasteiger partial charge is 0.174 e. The summed E-state index contributed by atoms with van der Waals surface area (Å²) in [7, 11) is 1.45. The summed E-state index contributed by atoms with van der Waals surface area (Å²) in [5.41, 5.74) is 0.748. The maximum atomic E-state index is 13.5. The highest BCUT2D eigenvalue weighted by atomic mass is 79.9. The van der Waals surface area contributed by atoms with Crippen LogP contribution in [0.2, 0.25) is 0 Å². The summed E-state index contributed by atoms with van der Waals surface area (Å²) in [5, 5.41) is 0.534. The number of hydrogen-bond donors (Lipinski definition) is 1. The van der Waals surface area contributed by atoms with E-state index < -0.39 is 0 Å². The molecule has 1 aromatic heterocycles. The molecule has 1 heterocycles. The van der Waals surface area contributed by atoms with Gasteiger partial charge in [-0.25, -0.2) is 4.39 Å². The van der Waals surface area contributed by atoms with E-state index in [0.29, 0.717) is 5.39 Å². The number of rotatable bonds is 1. The summed E-state index contributed by atoms with van der Waals surface area (Å²) in [6.07, 6.45) is 1.69. The quantitative estimate of drug-likeness (QED) is 0.819. The van der Waals surface area contributed by atoms with Gasteiger partial charge in [0, 0.05) is 16.1 Å². The Balaban J connectivity index is 2.85. The van der Waals surface area contributed by atoms with Crippen molar-refractivity contribution in [1.82, 2.24) is 4.98 Å². The molecule has 2 rings (SSSR count). The van der Waals surface area contributed by atoms with Gasteiger partial charge < -0.3 is 9.72 Å². The number of ether oxygens (including phenoxy) is 1. The van der Waals surface area contributed by atoms with Gasteiger partial charge in [0.15, 0.2) is 11.6 Å². The molecule has 0 aliphatic carbocycles. The van der Waals surface area contributed by atoms with E-state index in [0.717, 1.165) is 9.99 Å². The number of halogens is 2. The van der Waals surface area contributed by atoms with Crippen molar-refractivity contribution < 1.29 is 9.13 Å². The largest absolute Gasteiger partial charge is 0.494 e. The molecule has 1 aromatic carbocycles. The highest BCUT2D eigenvalue weighted by Crippen LogP contribution is 2.31. The first-order valence-corrected chi connectivity index (χ1v) is 4.52. The van der Waals surface area contributed by atoms with Crippen LogP contribution in [0, 0.1) is 5.82 Å². The van der Waals surface area contributed by atoms with Gasteiger partial charge in [-0.05, 0) is 28.1 Å². The second-order valence-electron chi connectivity index (χ2n) is 2.64. The van der Waals surface area contributed by atoms with Crippen LogP contribution in [0.3, 0.4) is 0 Å². The molecule has 1 N–H and O–H groups in total. The maximum Gasteiger partial charge on any atom is 0.174 e. The first-order chi connectivity index (χ1) is 6.24. The Morgan fingerprint density at radius 1 is 1.54 bits per heavy atom. The SMILES string of the molecule is COc1cc(Br)c2[nH]ccc2c1F. The molecule has 0 saturated carbocycles. The minimum Gasteiger partial charge on any atom is -0.494 e. The third-order valence-corrected chi connectivity index (χ3v) is 2.54. The molecule has 0 spiro atoms. The minimum absolute atomic E-state index is 0.249. The molecule has 0 saturated heterocycles. The van der Waals surface area contributed by atoms with Crippen molar-refractivity contribution in [2.45, 2.75) is 0 Å². The lowest BCUT2D eigenvalue weighted by molar-refractivity contribution is 0.389. The number of methoxy groups -OCH3 is 1. The van der Waals surface area contributed by atoms with Crippen molar-refractivity contribution >= 4 is 26.8 Å². The van der Waals surface area contributed by atoms with Crippen LogP contribution in [-0.4, -0.2) is 12.1 Å². The monoisotopic (exact) mass is 243 g/mol. The Morgan fingerprint density at radius 3 is 3.00 bits per heavy atom. The van der Waals surface area contributed by atoms with Gasteiger partial charge in [-0.3, -0.25) is 0 Å². The van der Waals surface area contributed by atoms with Crippen LogP contribution in [0.25, 0.3) is 10.9 Å². The molecule has 0 atom stereocenters. The Hall–Kier alpha value is -1.03. The normalized spacial score (nSPS) is 10.7. The number of fused-ring (bicyclic) bond motifs is 1. The van der Waals surface area contributed by atoms with Crippen molar-refractivity contribution in [3.63, 3.8) is 0 Å². The van der Waals surface area contributed by atoms with E-state index in [4.69, 9.17) is 4.74 Å². The lowest BCUT2D eigenvalue weighted by Crippen LogP contribution is -1.88. The molecule has 0 aliphatic rings. The van der Waals surface area contributed by atoms with Crippen LogP contribution in [0.4, 0.5) is 4.39 Å². The fourth-order valence-corrected chi connectivity index (χ4v) is 1.82. The second kappa shape index (κ2) is 3.03. The van der Waals surface area contributed by atoms with Crippen molar-refractivity contribution in [3.8, 4) is 5.75 Å². The van der Waals surface area contributed by atoms with Crippen LogP contribution in [0.15, 0.2) is 22.8 Å². The molecule has 0 fully saturated rings. The summed E-state index contributed by atoms with van der Waals surface area (Å²) < 4.78 is 19.2. The van der Waals surface area contributed by atoms with Gasteiger partial charge >= 0.3 is 0 Å². The summed E-state index contributed by atoms with van der Waals surface area (Å²) in [6.45, 7) is 0. The average Bonchev–Trinajstić information content (AvgIpc) is 2.60. The Kier molecular flexibility index (Phi) is 2.00. The Labute approximate surface area is 82.8 Å². The van der Waals surface area contributed by atoms with Crippen molar-refractivity contribution in [2.24, 2.45) is 0 Å². The molecule has 0 unspecified atom stereocenters. The fourth-order valence-electron chi connectivity index (χ4n) is 1.28. The third kappa shape index (κ3) is 1.21. The first kappa shape index (κ1) is 8.56. The summed E-state index contributed by atoms with van der Waals surface area (Å²) in [4.78, 5) is 2.94. The van der Waals surface area contributed by atoms with Gasteiger partial charge in [0.05, 0.1) is 12.6 Å². The van der Waals surface area contributed by atoms with Gasteiger partial charge in [0.1, 0.15) is 0 Å². The van der Waals surface area contributed by atoms with Gasteiger partial charge in [-0.15, -0.1) is 0 Å². The lowest BCUT2D eigenvalue weighted by Gasteiger charge is -2.03. The summed E-state index contributed by atoms with van der Waals surface area (Å²) in [6, 6.07) is 3.28. The number of benzene rings is 1.